The van der Waals surface area contributed by atoms with Crippen molar-refractivity contribution in [3.63, 3.8) is 0 Å². The predicted octanol–water partition coefficient (Wildman–Crippen LogP) is 2.06. The van der Waals surface area contributed by atoms with Gasteiger partial charge in [-0.05, 0) is 29.3 Å². The number of allylic oxidation sites excluding steroid dienone is 1. The minimum Gasteiger partial charge on any atom is -0.454 e. The molecule has 0 aliphatic carbocycles. The number of rotatable bonds is 5. The van der Waals surface area contributed by atoms with Gasteiger partial charge in [-0.1, -0.05) is 42.5 Å². The summed E-state index contributed by atoms with van der Waals surface area (Å²) >= 11 is 0. The van der Waals surface area contributed by atoms with Crippen molar-refractivity contribution in [2.75, 3.05) is 13.3 Å². The molecule has 1 saturated heterocycles. The maximum Gasteiger partial charge on any atom is 0.253 e. The van der Waals surface area contributed by atoms with Gasteiger partial charge in [0.25, 0.3) is 5.91 Å². The van der Waals surface area contributed by atoms with E-state index in [1.807, 2.05) is 54.6 Å². The Hall–Kier alpha value is -3.61. The molecule has 28 heavy (non-hydrogen) atoms. The van der Waals surface area contributed by atoms with Crippen LogP contribution in [0.4, 0.5) is 0 Å². The monoisotopic (exact) mass is 377 g/mol. The van der Waals surface area contributed by atoms with Gasteiger partial charge in [0.2, 0.25) is 12.7 Å². The van der Waals surface area contributed by atoms with Crippen molar-refractivity contribution in [2.24, 2.45) is 11.0 Å². The molecule has 0 spiro atoms. The largest absolute Gasteiger partial charge is 0.454 e. The second kappa shape index (κ2) is 7.96. The van der Waals surface area contributed by atoms with E-state index >= 15 is 0 Å². The van der Waals surface area contributed by atoms with Gasteiger partial charge in [0.15, 0.2) is 11.5 Å². The first-order valence-corrected chi connectivity index (χ1v) is 8.94. The van der Waals surface area contributed by atoms with E-state index in [9.17, 15) is 9.59 Å². The summed E-state index contributed by atoms with van der Waals surface area (Å²) in [5.41, 5.74) is 4.33. The first-order valence-electron chi connectivity index (χ1n) is 8.94. The lowest BCUT2D eigenvalue weighted by molar-refractivity contribution is -0.133. The Balaban J connectivity index is 1.36. The average molecular weight is 377 g/mol. The summed E-state index contributed by atoms with van der Waals surface area (Å²) in [6.45, 7) is 0.670. The zero-order valence-corrected chi connectivity index (χ0v) is 15.0. The van der Waals surface area contributed by atoms with E-state index in [1.165, 1.54) is 6.21 Å². The van der Waals surface area contributed by atoms with Crippen LogP contribution in [0.25, 0.3) is 6.08 Å². The summed E-state index contributed by atoms with van der Waals surface area (Å²) in [5.74, 6) is -0.271. The number of hydrogen-bond donors (Lipinski definition) is 2. The fraction of sp³-hybridized carbons (Fsp3) is 0.190. The van der Waals surface area contributed by atoms with E-state index < -0.39 is 11.8 Å². The number of nitrogens with one attached hydrogen (secondary N) is 2. The summed E-state index contributed by atoms with van der Waals surface area (Å²) < 4.78 is 10.6. The van der Waals surface area contributed by atoms with E-state index in [1.54, 1.807) is 6.08 Å². The molecule has 2 N–H and O–H groups in total. The minimum atomic E-state index is -0.794. The molecule has 142 valence electrons. The van der Waals surface area contributed by atoms with E-state index in [2.05, 4.69) is 15.8 Å². The molecule has 7 heteroatoms. The van der Waals surface area contributed by atoms with Crippen molar-refractivity contribution in [3.05, 3.63) is 65.7 Å². The smallest absolute Gasteiger partial charge is 0.253 e. The molecular formula is C21H19N3O4. The number of hydrogen-bond acceptors (Lipinski definition) is 5. The van der Waals surface area contributed by atoms with Crippen molar-refractivity contribution in [2.45, 2.75) is 5.92 Å². The SMILES string of the molecule is O=C1NC[C@H](c2ccccc2)[C@@H]1C(=O)N/N=C/C=C/c1ccc2c(c1)OCO2. The van der Waals surface area contributed by atoms with Crippen LogP contribution in [-0.2, 0) is 9.59 Å². The third-order valence-corrected chi connectivity index (χ3v) is 4.71. The lowest BCUT2D eigenvalue weighted by Gasteiger charge is -2.15. The summed E-state index contributed by atoms with van der Waals surface area (Å²) in [5, 5.41) is 6.67. The highest BCUT2D eigenvalue weighted by atomic mass is 16.7. The van der Waals surface area contributed by atoms with Crippen LogP contribution < -0.4 is 20.2 Å². The number of nitrogens with zero attached hydrogens (tertiary/aromatic N) is 1. The van der Waals surface area contributed by atoms with Crippen LogP contribution in [0.15, 0.2) is 59.7 Å². The van der Waals surface area contributed by atoms with Gasteiger partial charge in [-0.3, -0.25) is 9.59 Å². The highest BCUT2D eigenvalue weighted by molar-refractivity contribution is 6.03. The van der Waals surface area contributed by atoms with Gasteiger partial charge in [0.05, 0.1) is 0 Å². The standard InChI is InChI=1S/C21H19N3O4/c25-20-19(16(12-22-20)15-6-2-1-3-7-15)21(26)24-23-10-4-5-14-8-9-17-18(11-14)28-13-27-17/h1-11,16,19H,12-13H2,(H,22,25)(H,24,26)/b5-4+,23-10+/t16-,19+/m1/s1. The lowest BCUT2D eigenvalue weighted by atomic mass is 9.88. The zero-order chi connectivity index (χ0) is 19.3. The molecule has 2 aliphatic heterocycles. The third kappa shape index (κ3) is 3.73. The lowest BCUT2D eigenvalue weighted by Crippen LogP contribution is -2.34. The minimum absolute atomic E-state index is 0.201. The van der Waals surface area contributed by atoms with Gasteiger partial charge in [-0.2, -0.15) is 5.10 Å². The molecule has 0 bridgehead atoms. The average Bonchev–Trinajstić information content (AvgIpc) is 3.34. The molecule has 0 unspecified atom stereocenters. The quantitative estimate of drug-likeness (QED) is 0.474. The van der Waals surface area contributed by atoms with Gasteiger partial charge < -0.3 is 14.8 Å². The van der Waals surface area contributed by atoms with E-state index in [0.29, 0.717) is 12.3 Å². The Morgan fingerprint density at radius 2 is 1.96 bits per heavy atom. The van der Waals surface area contributed by atoms with Crippen LogP contribution in [0, 0.1) is 5.92 Å². The van der Waals surface area contributed by atoms with Gasteiger partial charge in [0, 0.05) is 18.7 Å². The Bertz CT molecular complexity index is 940. The number of fused-ring (bicyclic) bond motifs is 1. The molecule has 4 rings (SSSR count). The number of amides is 2. The second-order valence-corrected chi connectivity index (χ2v) is 6.47. The normalized spacial score (nSPS) is 20.6. The van der Waals surface area contributed by atoms with Crippen molar-refractivity contribution < 1.29 is 19.1 Å². The summed E-state index contributed by atoms with van der Waals surface area (Å²) in [4.78, 5) is 24.6. The number of carbonyl (C=O) groups is 2. The third-order valence-electron chi connectivity index (χ3n) is 4.71. The van der Waals surface area contributed by atoms with Crippen LogP contribution in [-0.4, -0.2) is 31.4 Å². The molecule has 2 aromatic carbocycles. The highest BCUT2D eigenvalue weighted by Gasteiger charge is 2.40. The Morgan fingerprint density at radius 1 is 1.14 bits per heavy atom. The van der Waals surface area contributed by atoms with E-state index in [4.69, 9.17) is 9.47 Å². The second-order valence-electron chi connectivity index (χ2n) is 6.47. The van der Waals surface area contributed by atoms with Crippen LogP contribution in [0.5, 0.6) is 11.5 Å². The van der Waals surface area contributed by atoms with Gasteiger partial charge in [-0.15, -0.1) is 0 Å². The Labute approximate surface area is 162 Å². The molecule has 2 amide bonds. The first kappa shape index (κ1) is 17.8. The summed E-state index contributed by atoms with van der Waals surface area (Å²) in [6.07, 6.45) is 4.99. The first-order chi connectivity index (χ1) is 13.7. The Morgan fingerprint density at radius 3 is 2.82 bits per heavy atom. The molecule has 2 heterocycles. The fourth-order valence-corrected chi connectivity index (χ4v) is 3.32. The summed E-state index contributed by atoms with van der Waals surface area (Å²) in [7, 11) is 0. The van der Waals surface area contributed by atoms with Gasteiger partial charge in [0.1, 0.15) is 5.92 Å². The number of carbonyl (C=O) groups excluding carboxylic acids is 2. The maximum atomic E-state index is 12.5. The van der Waals surface area contributed by atoms with Crippen molar-refractivity contribution >= 4 is 24.1 Å². The topological polar surface area (TPSA) is 89.0 Å². The molecule has 2 aromatic rings. The highest BCUT2D eigenvalue weighted by Crippen LogP contribution is 2.32. The van der Waals surface area contributed by atoms with Crippen molar-refractivity contribution in [3.8, 4) is 11.5 Å². The maximum absolute atomic E-state index is 12.5. The number of hydrazone groups is 1. The number of ether oxygens (including phenoxy) is 2. The van der Waals surface area contributed by atoms with Crippen molar-refractivity contribution in [1.82, 2.24) is 10.7 Å². The molecule has 0 saturated carbocycles. The van der Waals surface area contributed by atoms with Crippen LogP contribution >= 0.6 is 0 Å². The van der Waals surface area contributed by atoms with E-state index in [-0.39, 0.29) is 18.6 Å². The van der Waals surface area contributed by atoms with E-state index in [0.717, 1.165) is 16.9 Å². The predicted molar refractivity (Wildman–Crippen MR) is 104 cm³/mol. The summed E-state index contributed by atoms with van der Waals surface area (Å²) in [6, 6.07) is 15.1. The molecule has 0 aromatic heterocycles. The van der Waals surface area contributed by atoms with Gasteiger partial charge in [-0.25, -0.2) is 5.43 Å². The molecule has 0 radical (unpaired) electrons. The Kier molecular flexibility index (Phi) is 5.05. The molecule has 1 fully saturated rings. The van der Waals surface area contributed by atoms with Crippen LogP contribution in [0.2, 0.25) is 0 Å². The molecule has 2 atom stereocenters. The number of benzene rings is 2. The zero-order valence-electron chi connectivity index (χ0n) is 15.0. The molecule has 2 aliphatic rings. The fourth-order valence-electron chi connectivity index (χ4n) is 3.32. The molecular weight excluding hydrogens is 358 g/mol. The van der Waals surface area contributed by atoms with Gasteiger partial charge >= 0.3 is 0 Å². The van der Waals surface area contributed by atoms with Crippen LogP contribution in [0.1, 0.15) is 17.0 Å². The van der Waals surface area contributed by atoms with Crippen molar-refractivity contribution in [1.29, 1.82) is 0 Å². The molecule has 7 nitrogen and oxygen atoms in total. The van der Waals surface area contributed by atoms with Crippen LogP contribution in [0.3, 0.4) is 0 Å².